The summed E-state index contributed by atoms with van der Waals surface area (Å²) in [6, 6.07) is 9.38. The number of para-hydroxylation sites is 1. The molecule has 1 unspecified atom stereocenters. The number of benzene rings is 1. The van der Waals surface area contributed by atoms with Crippen molar-refractivity contribution >= 4 is 17.3 Å². The zero-order valence-electron chi connectivity index (χ0n) is 10.9. The van der Waals surface area contributed by atoms with Gasteiger partial charge in [0.25, 0.3) is 5.19 Å². The van der Waals surface area contributed by atoms with Crippen molar-refractivity contribution in [1.29, 1.82) is 0 Å². The van der Waals surface area contributed by atoms with Gasteiger partial charge in [-0.2, -0.15) is 0 Å². The number of hydrogen-bond acceptors (Lipinski definition) is 4. The Labute approximate surface area is 121 Å². The molecule has 1 aliphatic rings. The molecule has 4 nitrogen and oxygen atoms in total. The van der Waals surface area contributed by atoms with Crippen LogP contribution in [0.1, 0.15) is 30.1 Å². The lowest BCUT2D eigenvalue weighted by Gasteiger charge is -2.08. The van der Waals surface area contributed by atoms with E-state index < -0.39 is 11.9 Å². The van der Waals surface area contributed by atoms with E-state index in [0.717, 1.165) is 17.7 Å². The summed E-state index contributed by atoms with van der Waals surface area (Å²) in [5.74, 6) is 0.0547. The molecule has 0 amide bonds. The molecule has 0 bridgehead atoms. The van der Waals surface area contributed by atoms with Crippen molar-refractivity contribution in [3.8, 4) is 10.9 Å². The second-order valence-electron chi connectivity index (χ2n) is 5.01. The fraction of sp³-hybridized carbons (Fsp3) is 0.333. The maximum absolute atomic E-state index is 11.4. The summed E-state index contributed by atoms with van der Waals surface area (Å²) in [6.07, 6.45) is 4.64. The summed E-state index contributed by atoms with van der Waals surface area (Å²) in [5.41, 5.74) is 0. The zero-order valence-corrected chi connectivity index (χ0v) is 11.7. The van der Waals surface area contributed by atoms with Gasteiger partial charge in [0.05, 0.1) is 5.92 Å². The summed E-state index contributed by atoms with van der Waals surface area (Å²) in [4.78, 5) is 16.3. The molecule has 5 heteroatoms. The Morgan fingerprint density at radius 3 is 2.80 bits per heavy atom. The fourth-order valence-corrected chi connectivity index (χ4v) is 2.98. The van der Waals surface area contributed by atoms with Crippen LogP contribution < -0.4 is 4.74 Å². The molecule has 0 aliphatic heterocycles. The van der Waals surface area contributed by atoms with E-state index in [1.807, 2.05) is 30.3 Å². The first-order chi connectivity index (χ1) is 9.72. The van der Waals surface area contributed by atoms with Crippen molar-refractivity contribution in [2.24, 2.45) is 5.92 Å². The lowest BCUT2D eigenvalue weighted by atomic mass is 10.0. The molecule has 1 aromatic heterocycles. The van der Waals surface area contributed by atoms with Crippen molar-refractivity contribution in [2.75, 3.05) is 0 Å². The maximum atomic E-state index is 11.4. The molecule has 1 aromatic carbocycles. The maximum Gasteiger partial charge on any atom is 0.311 e. The quantitative estimate of drug-likeness (QED) is 0.876. The van der Waals surface area contributed by atoms with Gasteiger partial charge >= 0.3 is 5.97 Å². The first-order valence-electron chi connectivity index (χ1n) is 6.64. The standard InChI is InChI=1S/C15H15NO3S/c17-14(18)12(8-10-6-7-10)13-9-16-15(20-13)19-11-4-2-1-3-5-11/h1-5,9-10,12H,6-8H2,(H,17,18). The lowest BCUT2D eigenvalue weighted by Crippen LogP contribution is -2.10. The molecule has 1 aliphatic carbocycles. The molecule has 20 heavy (non-hydrogen) atoms. The molecular weight excluding hydrogens is 274 g/mol. The molecule has 1 atom stereocenters. The van der Waals surface area contributed by atoms with Gasteiger partial charge in [-0.25, -0.2) is 4.98 Å². The van der Waals surface area contributed by atoms with E-state index in [1.165, 1.54) is 11.3 Å². The fourth-order valence-electron chi connectivity index (χ4n) is 2.09. The van der Waals surface area contributed by atoms with Crippen LogP contribution in [0.25, 0.3) is 0 Å². The van der Waals surface area contributed by atoms with Gasteiger partial charge in [0.1, 0.15) is 5.75 Å². The lowest BCUT2D eigenvalue weighted by molar-refractivity contribution is -0.139. The van der Waals surface area contributed by atoms with Crippen molar-refractivity contribution < 1.29 is 14.6 Å². The van der Waals surface area contributed by atoms with Crippen LogP contribution in [0.3, 0.4) is 0 Å². The van der Waals surface area contributed by atoms with E-state index in [9.17, 15) is 9.90 Å². The minimum absolute atomic E-state index is 0.451. The van der Waals surface area contributed by atoms with E-state index in [4.69, 9.17) is 4.74 Å². The van der Waals surface area contributed by atoms with Gasteiger partial charge in [-0.15, -0.1) is 0 Å². The molecule has 1 saturated carbocycles. The van der Waals surface area contributed by atoms with Crippen molar-refractivity contribution in [1.82, 2.24) is 4.98 Å². The van der Waals surface area contributed by atoms with Crippen LogP contribution in [-0.2, 0) is 4.79 Å². The number of carbonyl (C=O) groups is 1. The van der Waals surface area contributed by atoms with E-state index in [0.29, 0.717) is 23.3 Å². The highest BCUT2D eigenvalue weighted by Crippen LogP contribution is 2.41. The summed E-state index contributed by atoms with van der Waals surface area (Å²) in [7, 11) is 0. The Balaban J connectivity index is 1.72. The van der Waals surface area contributed by atoms with Crippen LogP contribution in [-0.4, -0.2) is 16.1 Å². The molecule has 104 valence electrons. The number of aromatic nitrogens is 1. The van der Waals surface area contributed by atoms with E-state index in [1.54, 1.807) is 6.20 Å². The first kappa shape index (κ1) is 13.1. The van der Waals surface area contributed by atoms with Gasteiger partial charge in [0, 0.05) is 11.1 Å². The summed E-state index contributed by atoms with van der Waals surface area (Å²) < 4.78 is 5.62. The van der Waals surface area contributed by atoms with Crippen LogP contribution in [0.5, 0.6) is 10.9 Å². The number of thiazole rings is 1. The van der Waals surface area contributed by atoms with Gasteiger partial charge < -0.3 is 9.84 Å². The van der Waals surface area contributed by atoms with Crippen LogP contribution in [0, 0.1) is 5.92 Å². The number of aliphatic carboxylic acids is 1. The minimum Gasteiger partial charge on any atom is -0.481 e. The highest BCUT2D eigenvalue weighted by molar-refractivity contribution is 7.13. The van der Waals surface area contributed by atoms with Crippen LogP contribution in [0.15, 0.2) is 36.5 Å². The van der Waals surface area contributed by atoms with Gasteiger partial charge in [0.15, 0.2) is 0 Å². The molecule has 1 heterocycles. The molecule has 0 spiro atoms. The van der Waals surface area contributed by atoms with E-state index >= 15 is 0 Å². The molecule has 1 fully saturated rings. The summed E-state index contributed by atoms with van der Waals surface area (Å²) >= 11 is 1.32. The average molecular weight is 289 g/mol. The smallest absolute Gasteiger partial charge is 0.311 e. The van der Waals surface area contributed by atoms with Gasteiger partial charge in [0.2, 0.25) is 0 Å². The topological polar surface area (TPSA) is 59.4 Å². The Bertz CT molecular complexity index is 592. The molecule has 0 saturated heterocycles. The Kier molecular flexibility index (Phi) is 3.69. The van der Waals surface area contributed by atoms with Gasteiger partial charge in [-0.05, 0) is 24.5 Å². The van der Waals surface area contributed by atoms with Crippen LogP contribution >= 0.6 is 11.3 Å². The third-order valence-electron chi connectivity index (χ3n) is 3.36. The van der Waals surface area contributed by atoms with E-state index in [-0.39, 0.29) is 0 Å². The van der Waals surface area contributed by atoms with Crippen LogP contribution in [0.2, 0.25) is 0 Å². The monoisotopic (exact) mass is 289 g/mol. The number of carboxylic acid groups (broad SMARTS) is 1. The summed E-state index contributed by atoms with van der Waals surface area (Å²) in [5, 5.41) is 9.83. The van der Waals surface area contributed by atoms with Crippen molar-refractivity contribution in [2.45, 2.75) is 25.2 Å². The number of hydrogen-bond donors (Lipinski definition) is 1. The Morgan fingerprint density at radius 2 is 2.15 bits per heavy atom. The molecular formula is C15H15NO3S. The zero-order chi connectivity index (χ0) is 13.9. The normalized spacial score (nSPS) is 15.8. The highest BCUT2D eigenvalue weighted by atomic mass is 32.1. The number of ether oxygens (including phenoxy) is 1. The summed E-state index contributed by atoms with van der Waals surface area (Å²) in [6.45, 7) is 0. The third-order valence-corrected chi connectivity index (χ3v) is 4.35. The van der Waals surface area contributed by atoms with E-state index in [2.05, 4.69) is 4.98 Å². The minimum atomic E-state index is -0.771. The number of nitrogens with zero attached hydrogens (tertiary/aromatic N) is 1. The molecule has 0 radical (unpaired) electrons. The van der Waals surface area contributed by atoms with Crippen molar-refractivity contribution in [3.63, 3.8) is 0 Å². The predicted octanol–water partition coefficient (Wildman–Crippen LogP) is 3.90. The number of rotatable bonds is 6. The predicted molar refractivity (Wildman–Crippen MR) is 76.3 cm³/mol. The van der Waals surface area contributed by atoms with Gasteiger partial charge in [-0.1, -0.05) is 42.4 Å². The van der Waals surface area contributed by atoms with Gasteiger partial charge in [-0.3, -0.25) is 4.79 Å². The highest BCUT2D eigenvalue weighted by Gasteiger charge is 2.31. The Hall–Kier alpha value is -1.88. The average Bonchev–Trinajstić information content (AvgIpc) is 3.16. The molecule has 3 rings (SSSR count). The van der Waals surface area contributed by atoms with Crippen molar-refractivity contribution in [3.05, 3.63) is 41.4 Å². The SMILES string of the molecule is O=C(O)C(CC1CC1)c1cnc(Oc2ccccc2)s1. The van der Waals surface area contributed by atoms with Crippen LogP contribution in [0.4, 0.5) is 0 Å². The largest absolute Gasteiger partial charge is 0.481 e. The molecule has 2 aromatic rings. The second-order valence-corrected chi connectivity index (χ2v) is 6.04. The third kappa shape index (κ3) is 3.17. The second kappa shape index (κ2) is 5.63. The first-order valence-corrected chi connectivity index (χ1v) is 7.45. The Morgan fingerprint density at radius 1 is 1.40 bits per heavy atom. The number of carboxylic acids is 1. The molecule has 1 N–H and O–H groups in total.